The van der Waals surface area contributed by atoms with Crippen LogP contribution in [0.1, 0.15) is 25.8 Å². The van der Waals surface area contributed by atoms with Gasteiger partial charge in [-0.3, -0.25) is 20.2 Å². The summed E-state index contributed by atoms with van der Waals surface area (Å²) in [5.41, 5.74) is 0.0703. The number of hydrogen-bond acceptors (Lipinski definition) is 5. The van der Waals surface area contributed by atoms with E-state index in [-0.39, 0.29) is 17.4 Å². The molecule has 1 atom stereocenters. The van der Waals surface area contributed by atoms with Crippen LogP contribution in [-0.2, 0) is 6.42 Å². The van der Waals surface area contributed by atoms with Gasteiger partial charge in [-0.15, -0.1) is 0 Å². The van der Waals surface area contributed by atoms with Gasteiger partial charge in [0.05, 0.1) is 15.9 Å². The van der Waals surface area contributed by atoms with Crippen molar-refractivity contribution in [3.63, 3.8) is 0 Å². The van der Waals surface area contributed by atoms with Crippen LogP contribution in [0.15, 0.2) is 18.2 Å². The normalized spacial score (nSPS) is 12.1. The molecule has 0 aliphatic rings. The van der Waals surface area contributed by atoms with Gasteiger partial charge >= 0.3 is 0 Å². The van der Waals surface area contributed by atoms with E-state index < -0.39 is 9.85 Å². The topological polar surface area (TPSA) is 98.3 Å². The van der Waals surface area contributed by atoms with Crippen molar-refractivity contribution < 1.29 is 9.85 Å². The molecule has 19 heavy (non-hydrogen) atoms. The van der Waals surface area contributed by atoms with Crippen molar-refractivity contribution in [3.8, 4) is 0 Å². The number of nitrogens with one attached hydrogen (secondary N) is 1. The first-order chi connectivity index (χ1) is 8.99. The van der Waals surface area contributed by atoms with Gasteiger partial charge < -0.3 is 5.32 Å². The number of likely N-dealkylation sites (N-methyl/N-ethyl adjacent to an activating group) is 1. The molecule has 104 valence electrons. The molecule has 0 bridgehead atoms. The maximum atomic E-state index is 11.0. The Morgan fingerprint density at radius 1 is 1.21 bits per heavy atom. The number of hydrogen-bond donors (Lipinski definition) is 1. The summed E-state index contributed by atoms with van der Waals surface area (Å²) in [6.07, 6.45) is 1.32. The molecule has 0 saturated carbocycles. The van der Waals surface area contributed by atoms with Crippen LogP contribution >= 0.6 is 0 Å². The molecule has 0 aliphatic heterocycles. The Kier molecular flexibility index (Phi) is 5.37. The fraction of sp³-hybridized carbons (Fsp3) is 0.500. The molecule has 0 heterocycles. The summed E-state index contributed by atoms with van der Waals surface area (Å²) in [5.74, 6) is 0. The minimum absolute atomic E-state index is 0.130. The van der Waals surface area contributed by atoms with Gasteiger partial charge in [-0.2, -0.15) is 0 Å². The van der Waals surface area contributed by atoms with Gasteiger partial charge in [0.1, 0.15) is 0 Å². The molecule has 7 heteroatoms. The lowest BCUT2D eigenvalue weighted by molar-refractivity contribution is -0.394. The summed E-state index contributed by atoms with van der Waals surface area (Å²) in [7, 11) is 0. The lowest BCUT2D eigenvalue weighted by atomic mass is 10.0. The van der Waals surface area contributed by atoms with Crippen molar-refractivity contribution in [2.75, 3.05) is 6.54 Å². The molecule has 0 radical (unpaired) electrons. The minimum atomic E-state index is -0.627. The Labute approximate surface area is 110 Å². The van der Waals surface area contributed by atoms with Crippen molar-refractivity contribution in [2.45, 2.75) is 32.7 Å². The highest BCUT2D eigenvalue weighted by Crippen LogP contribution is 2.26. The van der Waals surface area contributed by atoms with Crippen LogP contribution in [-0.4, -0.2) is 22.4 Å². The summed E-state index contributed by atoms with van der Waals surface area (Å²) in [4.78, 5) is 20.4. The van der Waals surface area contributed by atoms with E-state index in [0.717, 1.165) is 19.0 Å². The molecule has 0 fully saturated rings. The van der Waals surface area contributed by atoms with E-state index in [4.69, 9.17) is 0 Å². The van der Waals surface area contributed by atoms with Crippen molar-refractivity contribution in [1.82, 2.24) is 5.32 Å². The summed E-state index contributed by atoms with van der Waals surface area (Å²) >= 11 is 0. The predicted molar refractivity (Wildman–Crippen MR) is 71.2 cm³/mol. The molecule has 0 amide bonds. The highest BCUT2D eigenvalue weighted by atomic mass is 16.6. The van der Waals surface area contributed by atoms with Crippen LogP contribution in [0, 0.1) is 20.2 Å². The smallest absolute Gasteiger partial charge is 0.279 e. The van der Waals surface area contributed by atoms with E-state index in [9.17, 15) is 20.2 Å². The van der Waals surface area contributed by atoms with E-state index in [2.05, 4.69) is 5.32 Å². The fourth-order valence-corrected chi connectivity index (χ4v) is 1.92. The van der Waals surface area contributed by atoms with Crippen molar-refractivity contribution in [3.05, 3.63) is 44.0 Å². The maximum absolute atomic E-state index is 11.0. The summed E-state index contributed by atoms with van der Waals surface area (Å²) in [6.45, 7) is 4.73. The van der Waals surface area contributed by atoms with Crippen LogP contribution in [0.5, 0.6) is 0 Å². The Bertz CT molecular complexity index is 476. The van der Waals surface area contributed by atoms with E-state index in [1.165, 1.54) is 12.1 Å². The number of benzene rings is 1. The summed E-state index contributed by atoms with van der Waals surface area (Å²) in [6, 6.07) is 3.93. The third kappa shape index (κ3) is 3.99. The molecular weight excluding hydrogens is 250 g/mol. The van der Waals surface area contributed by atoms with Crippen molar-refractivity contribution in [1.29, 1.82) is 0 Å². The van der Waals surface area contributed by atoms with Crippen molar-refractivity contribution >= 4 is 11.4 Å². The van der Waals surface area contributed by atoms with Gasteiger partial charge in [0, 0.05) is 17.7 Å². The fourth-order valence-electron chi connectivity index (χ4n) is 1.92. The van der Waals surface area contributed by atoms with E-state index in [0.29, 0.717) is 12.0 Å². The van der Waals surface area contributed by atoms with Gasteiger partial charge in [-0.05, 0) is 25.5 Å². The Balaban J connectivity index is 3.06. The van der Waals surface area contributed by atoms with Gasteiger partial charge in [-0.1, -0.05) is 13.8 Å². The lowest BCUT2D eigenvalue weighted by Crippen LogP contribution is -2.30. The highest BCUT2D eigenvalue weighted by molar-refractivity contribution is 5.49. The Morgan fingerprint density at radius 2 is 1.89 bits per heavy atom. The Morgan fingerprint density at radius 3 is 2.37 bits per heavy atom. The number of non-ortho nitro benzene ring substituents is 1. The maximum Gasteiger partial charge on any atom is 0.279 e. The standard InChI is InChI=1S/C12H17N3O4/c1-3-10(13-4-2)7-9-5-6-11(14(16)17)8-12(9)15(18)19/h5-6,8,10,13H,3-4,7H2,1-2H3. The molecule has 0 aliphatic carbocycles. The van der Waals surface area contributed by atoms with Crippen molar-refractivity contribution in [2.24, 2.45) is 0 Å². The molecule has 1 aromatic carbocycles. The van der Waals surface area contributed by atoms with Crippen LogP contribution < -0.4 is 5.32 Å². The second-order valence-corrected chi connectivity index (χ2v) is 4.19. The van der Waals surface area contributed by atoms with Gasteiger partial charge in [0.25, 0.3) is 11.4 Å². The largest absolute Gasteiger partial charge is 0.314 e. The average Bonchev–Trinajstić information content (AvgIpc) is 2.37. The monoisotopic (exact) mass is 267 g/mol. The predicted octanol–water partition coefficient (Wildman–Crippen LogP) is 2.43. The lowest BCUT2D eigenvalue weighted by Gasteiger charge is -2.15. The van der Waals surface area contributed by atoms with E-state index in [1.54, 1.807) is 0 Å². The first-order valence-corrected chi connectivity index (χ1v) is 6.14. The number of rotatable bonds is 7. The SMILES string of the molecule is CCNC(CC)Cc1ccc([N+](=O)[O-])cc1[N+](=O)[O-]. The van der Waals surface area contributed by atoms with Crippen LogP contribution in [0.25, 0.3) is 0 Å². The van der Waals surface area contributed by atoms with E-state index in [1.807, 2.05) is 13.8 Å². The number of nitro groups is 2. The van der Waals surface area contributed by atoms with Gasteiger partial charge in [0.2, 0.25) is 0 Å². The molecule has 1 N–H and O–H groups in total. The quantitative estimate of drug-likeness (QED) is 0.604. The van der Waals surface area contributed by atoms with Crippen LogP contribution in [0.4, 0.5) is 11.4 Å². The van der Waals surface area contributed by atoms with Crippen LogP contribution in [0.3, 0.4) is 0 Å². The number of nitro benzene ring substituents is 2. The molecule has 7 nitrogen and oxygen atoms in total. The molecule has 1 aromatic rings. The minimum Gasteiger partial charge on any atom is -0.314 e. The van der Waals surface area contributed by atoms with Gasteiger partial charge in [-0.25, -0.2) is 0 Å². The van der Waals surface area contributed by atoms with Gasteiger partial charge in [0.15, 0.2) is 0 Å². The zero-order valence-corrected chi connectivity index (χ0v) is 11.0. The highest BCUT2D eigenvalue weighted by Gasteiger charge is 2.21. The third-order valence-electron chi connectivity index (χ3n) is 2.93. The molecular formula is C12H17N3O4. The van der Waals surface area contributed by atoms with E-state index >= 15 is 0 Å². The zero-order chi connectivity index (χ0) is 14.4. The first kappa shape index (κ1) is 15.0. The second-order valence-electron chi connectivity index (χ2n) is 4.19. The molecule has 1 rings (SSSR count). The molecule has 0 spiro atoms. The van der Waals surface area contributed by atoms with Crippen LogP contribution in [0.2, 0.25) is 0 Å². The third-order valence-corrected chi connectivity index (χ3v) is 2.93. The Hall–Kier alpha value is -2.02. The first-order valence-electron chi connectivity index (χ1n) is 6.14. The summed E-state index contributed by atoms with van der Waals surface area (Å²) < 4.78 is 0. The second kappa shape index (κ2) is 6.79. The zero-order valence-electron chi connectivity index (χ0n) is 11.0. The number of nitrogens with zero attached hydrogens (tertiary/aromatic N) is 2. The molecule has 0 saturated heterocycles. The molecule has 1 unspecified atom stereocenters. The summed E-state index contributed by atoms with van der Waals surface area (Å²) in [5, 5.41) is 24.9. The average molecular weight is 267 g/mol. The molecule has 0 aromatic heterocycles.